The molecule has 4 fully saturated rings. The van der Waals surface area contributed by atoms with Crippen molar-refractivity contribution < 1.29 is 89.0 Å². The number of nitrogens with one attached hydrogen (secondary N) is 8. The molecule has 92 heavy (non-hydrogen) atoms. The summed E-state index contributed by atoms with van der Waals surface area (Å²) < 4.78 is 296. The van der Waals surface area contributed by atoms with Crippen molar-refractivity contribution in [2.75, 3.05) is 42.5 Å². The van der Waals surface area contributed by atoms with Gasteiger partial charge < -0.3 is 85.9 Å². The van der Waals surface area contributed by atoms with Gasteiger partial charge in [-0.1, -0.05) is 27.6 Å². The van der Waals surface area contributed by atoms with Crippen molar-refractivity contribution in [1.82, 2.24) is 39.9 Å². The molecule has 28 heteroatoms. The van der Waals surface area contributed by atoms with E-state index in [-0.39, 0.29) is 23.8 Å². The Morgan fingerprint density at radius 1 is 0.424 bits per heavy atom. The fraction of sp³-hybridized carbons (Fsp3) is 0.688. The molecule has 0 spiro atoms. The summed E-state index contributed by atoms with van der Waals surface area (Å²) >= 11 is 0. The first-order chi connectivity index (χ1) is 56.3. The Morgan fingerprint density at radius 2 is 0.674 bits per heavy atom. The van der Waals surface area contributed by atoms with Gasteiger partial charge in [0.05, 0.1) is 57.5 Å². The molecule has 12 unspecified atom stereocenters. The van der Waals surface area contributed by atoms with Crippen LogP contribution in [0.3, 0.4) is 0 Å². The van der Waals surface area contributed by atoms with Crippen LogP contribution in [0.4, 0.5) is 47.1 Å². The molecule has 0 saturated heterocycles. The fourth-order valence-corrected chi connectivity index (χ4v) is 6.84. The van der Waals surface area contributed by atoms with Gasteiger partial charge in [-0.2, -0.15) is 19.9 Å². The van der Waals surface area contributed by atoms with Crippen LogP contribution in [-0.4, -0.2) is 154 Å². The topological polar surface area (TPSA) is 453 Å². The highest BCUT2D eigenvalue weighted by atomic mass is 16.3. The second-order valence-electron chi connectivity index (χ2n) is 24.2. The van der Waals surface area contributed by atoms with Crippen molar-refractivity contribution in [2.45, 2.75) is 258 Å². The molecule has 8 rings (SSSR count). The normalized spacial score (nSPS) is 44.5. The highest BCUT2D eigenvalue weighted by Crippen LogP contribution is 2.32. The van der Waals surface area contributed by atoms with Crippen molar-refractivity contribution in [3.05, 3.63) is 47.0 Å². The number of hydrogen-bond acceptors (Lipinski definition) is 24. The molecule has 4 amide bonds. The number of carbonyl (C=O) groups is 4. The lowest BCUT2D eigenvalue weighted by molar-refractivity contribution is 0.0737. The van der Waals surface area contributed by atoms with Crippen LogP contribution in [0.5, 0.6) is 0 Å². The number of hydrogen-bond donors (Lipinski definition) is 16. The summed E-state index contributed by atoms with van der Waals surface area (Å²) in [4.78, 5) is 79.2. The van der Waals surface area contributed by atoms with Gasteiger partial charge in [0.2, 0.25) is 23.8 Å². The SMILES string of the molecule is [2H]C([2H])C1C([2H])([2H])C([2H])([2H])C([2H])(Nc2nc(NC(C)(C)C)ncc2C(N)=O)C([2H])([2H])C1([2H])O.[2H]C1([2H])C(C)C([2H])(O)C([2H])([2H])C([2H])(Nc2nc(NC(C)(C)C)ncc2C(N)=O)C1([2H])[2H].[2H]C1([2H])C([2H])([2H])C([2H])(Nc2nc(NC(C)(C)C)ncc2C(N)=O)C([2H])([2H])C([2H])(O)C1([2H])C.[2H]CC1C([2H])([2H])C([2H])([2H])C([2H])(Nc2nc(NC(C)(C)C)ncc2C(N)=O)C([2H])([2H])C1([2H])O. The van der Waals surface area contributed by atoms with E-state index in [1.165, 1.54) is 0 Å². The Balaban J connectivity index is 0.000000303. The van der Waals surface area contributed by atoms with Crippen LogP contribution in [-0.2, 0) is 0 Å². The van der Waals surface area contributed by atoms with Crippen LogP contribution in [0.2, 0.25) is 0 Å². The Morgan fingerprint density at radius 3 is 0.946 bits per heavy atom. The quantitative estimate of drug-likeness (QED) is 0.0537. The van der Waals surface area contributed by atoms with Crippen LogP contribution in [0.1, 0.15) is 278 Å². The second-order valence-corrected chi connectivity index (χ2v) is 24.2. The molecular formula is C64H108N20O8. The van der Waals surface area contributed by atoms with Gasteiger partial charge in [0.25, 0.3) is 23.6 Å². The molecule has 0 aliphatic heterocycles. The number of aliphatic hydroxyl groups is 4. The molecule has 20 N–H and O–H groups in total. The average Bonchev–Trinajstić information content (AvgIpc) is 0.658. The summed E-state index contributed by atoms with van der Waals surface area (Å²) in [5, 5.41) is 62.3. The van der Waals surface area contributed by atoms with E-state index in [0.29, 0.717) is 6.92 Å². The van der Waals surface area contributed by atoms with Gasteiger partial charge in [-0.3, -0.25) is 19.2 Å². The summed E-state index contributed by atoms with van der Waals surface area (Å²) in [5.74, 6) is -16.6. The molecular weight excluding hydrogens is 1180 g/mol. The minimum atomic E-state index is -3.63. The Labute approximate surface area is 593 Å². The highest BCUT2D eigenvalue weighted by molar-refractivity contribution is 5.99. The Hall–Kier alpha value is -7.56. The first-order valence-electron chi connectivity index (χ1n) is 46.1. The maximum absolute atomic E-state index is 11.9. The zero-order chi connectivity index (χ0) is 101. The number of primary amides is 4. The van der Waals surface area contributed by atoms with E-state index in [1.54, 1.807) is 83.1 Å². The van der Waals surface area contributed by atoms with Gasteiger partial charge in [-0.15, -0.1) is 0 Å². The molecule has 512 valence electrons. The number of rotatable bonds is 16. The van der Waals surface area contributed by atoms with Crippen LogP contribution in [0.25, 0.3) is 0 Å². The number of aromatic nitrogens is 8. The number of nitrogens with zero attached hydrogens (tertiary/aromatic N) is 8. The molecule has 4 heterocycles. The summed E-state index contributed by atoms with van der Waals surface area (Å²) in [7, 11) is 0. The number of amides is 4. The van der Waals surface area contributed by atoms with Crippen molar-refractivity contribution in [1.29, 1.82) is 0 Å². The molecule has 0 aromatic carbocycles. The zero-order valence-corrected chi connectivity index (χ0v) is 53.1. The third-order valence-corrected chi connectivity index (χ3v) is 11.0. The lowest BCUT2D eigenvalue weighted by atomic mass is 9.85. The predicted molar refractivity (Wildman–Crippen MR) is 361 cm³/mol. The van der Waals surface area contributed by atoms with Crippen LogP contribution in [0, 0.1) is 23.6 Å². The largest absolute Gasteiger partial charge is 0.393 e. The summed E-state index contributed by atoms with van der Waals surface area (Å²) in [5.41, 5.74) is 17.2. The third kappa shape index (κ3) is 24.8. The van der Waals surface area contributed by atoms with E-state index < -0.39 is 254 Å². The van der Waals surface area contributed by atoms with Gasteiger partial charge in [0.15, 0.2) is 0 Å². The molecule has 4 aliphatic carbocycles. The van der Waals surface area contributed by atoms with E-state index in [1.807, 2.05) is 0 Å². The number of nitrogens with two attached hydrogens (primary N) is 4. The lowest BCUT2D eigenvalue weighted by Gasteiger charge is -2.32. The van der Waals surface area contributed by atoms with E-state index in [9.17, 15) is 39.6 Å². The summed E-state index contributed by atoms with van der Waals surface area (Å²) in [6, 6.07) is -13.6. The molecule has 0 radical (unpaired) electrons. The van der Waals surface area contributed by atoms with E-state index >= 15 is 0 Å². The third-order valence-electron chi connectivity index (χ3n) is 11.0. The molecule has 0 bridgehead atoms. The van der Waals surface area contributed by atoms with Gasteiger partial charge in [-0.05, 0) is 183 Å². The number of carbonyl (C=O) groups excluding carboxylic acids is 4. The fourth-order valence-electron chi connectivity index (χ4n) is 6.84. The van der Waals surface area contributed by atoms with Crippen LogP contribution < -0.4 is 65.5 Å². The summed E-state index contributed by atoms with van der Waals surface area (Å²) in [6.45, 7) is 19.5. The minimum Gasteiger partial charge on any atom is -0.393 e. The molecule has 12 atom stereocenters. The smallest absolute Gasteiger partial charge is 0.254 e. The lowest BCUT2D eigenvalue weighted by Crippen LogP contribution is -2.36. The average molecular weight is 1320 g/mol. The predicted octanol–water partition coefficient (Wildman–Crippen LogP) is 6.99. The van der Waals surface area contributed by atoms with Crippen molar-refractivity contribution >= 4 is 70.7 Å². The Bertz CT molecular complexity index is 4720. The standard InChI is InChI=1S/4C16H27N5O2/c4*1-9-5-6-10(7-12(9)22)19-14-11(13(17)23)8-18-15(20-14)21-16(2,3)4/h4*8-10,12,22H,5-7H2,1-4H3,(H2,17,23)(H2,18,19,20,21)/i5D2,6D2,7D2,9D,10D,12D;1D2,5D2,6D2,7D2,10D,12D;1D,5D2,6D2,7D2,10D,12D;5D2,6D2,7D2,10D,12D. The van der Waals surface area contributed by atoms with E-state index in [4.69, 9.17) is 72.3 Å². The van der Waals surface area contributed by atoms with Crippen LogP contribution >= 0.6 is 0 Å². The maximum Gasteiger partial charge on any atom is 0.254 e. The minimum absolute atomic E-state index is 0.0574. The van der Waals surface area contributed by atoms with Crippen molar-refractivity contribution in [3.63, 3.8) is 0 Å². The van der Waals surface area contributed by atoms with Crippen LogP contribution in [0.15, 0.2) is 24.8 Å². The molecule has 28 nitrogen and oxygen atoms in total. The molecule has 4 aliphatic rings. The summed E-state index contributed by atoms with van der Waals surface area (Å²) in [6.07, 6.45) is -50.8. The number of anilines is 8. The maximum atomic E-state index is 11.9. The molecule has 4 saturated carbocycles. The first-order valence-corrected chi connectivity index (χ1v) is 27.8. The van der Waals surface area contributed by atoms with Gasteiger partial charge in [0, 0.05) is 109 Å². The van der Waals surface area contributed by atoms with E-state index in [2.05, 4.69) is 82.4 Å². The zero-order valence-electron chi connectivity index (χ0n) is 89.1. The monoisotopic (exact) mass is 1320 g/mol. The van der Waals surface area contributed by atoms with Gasteiger partial charge >= 0.3 is 0 Å². The Kier molecular flexibility index (Phi) is 13.3. The van der Waals surface area contributed by atoms with E-state index in [0.717, 1.165) is 31.7 Å². The van der Waals surface area contributed by atoms with Gasteiger partial charge in [-0.25, -0.2) is 19.9 Å². The molecule has 4 aromatic heterocycles. The highest BCUT2D eigenvalue weighted by Gasteiger charge is 2.32. The molecule has 4 aromatic rings. The second kappa shape index (κ2) is 32.3. The first kappa shape index (κ1) is 38.0. The van der Waals surface area contributed by atoms with Crippen molar-refractivity contribution in [2.24, 2.45) is 46.6 Å². The van der Waals surface area contributed by atoms with Crippen molar-refractivity contribution in [3.8, 4) is 0 Å². The van der Waals surface area contributed by atoms with Gasteiger partial charge in [0.1, 0.15) is 23.3 Å².